The first kappa shape index (κ1) is 16.7. The Morgan fingerprint density at radius 2 is 1.67 bits per heavy atom. The van der Waals surface area contributed by atoms with Gasteiger partial charge in [-0.1, -0.05) is 0 Å². The van der Waals surface area contributed by atoms with Crippen molar-refractivity contribution in [2.45, 2.75) is 32.5 Å². The Balaban J connectivity index is 4.41. The highest BCUT2D eigenvalue weighted by Gasteiger charge is 2.29. The molecule has 18 heavy (non-hydrogen) atoms. The van der Waals surface area contributed by atoms with Crippen molar-refractivity contribution in [2.24, 2.45) is 5.73 Å². The summed E-state index contributed by atoms with van der Waals surface area (Å²) in [7, 11) is 0. The minimum atomic E-state index is -4.45. The van der Waals surface area contributed by atoms with E-state index in [4.69, 9.17) is 5.73 Å². The lowest BCUT2D eigenvalue weighted by molar-refractivity contribution is -0.140. The first-order valence-corrected chi connectivity index (χ1v) is 5.28. The number of carbonyl (C=O) groups is 2. The number of nitrogens with one attached hydrogen (secondary N) is 1. The molecule has 0 radical (unpaired) electrons. The first-order valence-electron chi connectivity index (χ1n) is 5.28. The van der Waals surface area contributed by atoms with Crippen molar-refractivity contribution < 1.29 is 22.8 Å². The fraction of sp³-hybridized carbons (Fsp3) is 0.800. The smallest absolute Gasteiger partial charge is 0.369 e. The highest BCUT2D eigenvalue weighted by molar-refractivity contribution is 5.80. The quantitative estimate of drug-likeness (QED) is 0.751. The minimum absolute atomic E-state index is 0.192. The summed E-state index contributed by atoms with van der Waals surface area (Å²) in [4.78, 5) is 23.6. The predicted octanol–water partition coefficient (Wildman–Crippen LogP) is 0.251. The highest BCUT2D eigenvalue weighted by atomic mass is 19.4. The van der Waals surface area contributed by atoms with E-state index < -0.39 is 30.1 Å². The van der Waals surface area contributed by atoms with Crippen LogP contribution in [0.2, 0.25) is 0 Å². The average Bonchev–Trinajstić information content (AvgIpc) is 2.10. The number of amides is 2. The number of hydrogen-bond donors (Lipinski definition) is 2. The van der Waals surface area contributed by atoms with Gasteiger partial charge in [-0.15, -0.1) is 0 Å². The molecule has 0 unspecified atom stereocenters. The molecule has 0 spiro atoms. The van der Waals surface area contributed by atoms with Gasteiger partial charge in [0.05, 0.1) is 13.1 Å². The third-order valence-electron chi connectivity index (χ3n) is 2.12. The number of carbonyl (C=O) groups excluding carboxylic acids is 2. The Morgan fingerprint density at radius 1 is 1.17 bits per heavy atom. The van der Waals surface area contributed by atoms with Gasteiger partial charge in [0.1, 0.15) is 6.54 Å². The molecule has 5 nitrogen and oxygen atoms in total. The van der Waals surface area contributed by atoms with Crippen molar-refractivity contribution in [3.8, 4) is 0 Å². The van der Waals surface area contributed by atoms with Crippen LogP contribution >= 0.6 is 0 Å². The number of rotatable bonds is 5. The van der Waals surface area contributed by atoms with E-state index in [-0.39, 0.29) is 13.1 Å². The number of nitrogens with zero attached hydrogens (tertiary/aromatic N) is 1. The monoisotopic (exact) mass is 269 g/mol. The standard InChI is InChI=1S/C10H18F3N3O2/c1-9(2,3)16(4-7(14)17)5-8(18)15-6-10(11,12)13/h4-6H2,1-3H3,(H2,14,17)(H,15,18). The van der Waals surface area contributed by atoms with E-state index in [1.54, 1.807) is 26.1 Å². The van der Waals surface area contributed by atoms with E-state index >= 15 is 0 Å². The zero-order valence-corrected chi connectivity index (χ0v) is 10.6. The summed E-state index contributed by atoms with van der Waals surface area (Å²) in [6, 6.07) is 0. The van der Waals surface area contributed by atoms with Crippen LogP contribution in [0.5, 0.6) is 0 Å². The number of hydrogen-bond acceptors (Lipinski definition) is 3. The fourth-order valence-corrected chi connectivity index (χ4v) is 1.15. The Labute approximate surface area is 103 Å². The molecule has 0 rings (SSSR count). The van der Waals surface area contributed by atoms with Gasteiger partial charge in [0, 0.05) is 5.54 Å². The van der Waals surface area contributed by atoms with Crippen LogP contribution in [0.1, 0.15) is 20.8 Å². The van der Waals surface area contributed by atoms with Crippen molar-refractivity contribution >= 4 is 11.8 Å². The number of primary amides is 1. The molecule has 2 amide bonds. The van der Waals surface area contributed by atoms with Crippen LogP contribution in [-0.4, -0.2) is 48.1 Å². The molecule has 0 saturated heterocycles. The SMILES string of the molecule is CC(C)(C)N(CC(N)=O)CC(=O)NCC(F)(F)F. The maximum Gasteiger partial charge on any atom is 0.405 e. The topological polar surface area (TPSA) is 75.4 Å². The van der Waals surface area contributed by atoms with Gasteiger partial charge in [0.15, 0.2) is 0 Å². The third-order valence-corrected chi connectivity index (χ3v) is 2.12. The summed E-state index contributed by atoms with van der Waals surface area (Å²) in [5, 5.41) is 1.74. The number of nitrogens with two attached hydrogens (primary N) is 1. The van der Waals surface area contributed by atoms with Gasteiger partial charge in [0.25, 0.3) is 0 Å². The molecule has 8 heteroatoms. The van der Waals surface area contributed by atoms with Crippen molar-refractivity contribution in [3.63, 3.8) is 0 Å². The van der Waals surface area contributed by atoms with Crippen LogP contribution in [0.4, 0.5) is 13.2 Å². The van der Waals surface area contributed by atoms with Gasteiger partial charge in [0.2, 0.25) is 11.8 Å². The van der Waals surface area contributed by atoms with Crippen molar-refractivity contribution in [2.75, 3.05) is 19.6 Å². The van der Waals surface area contributed by atoms with Crippen LogP contribution in [0.15, 0.2) is 0 Å². The minimum Gasteiger partial charge on any atom is -0.369 e. The summed E-state index contributed by atoms with van der Waals surface area (Å²) in [6.45, 7) is 3.29. The summed E-state index contributed by atoms with van der Waals surface area (Å²) >= 11 is 0. The number of alkyl halides is 3. The molecule has 106 valence electrons. The maximum atomic E-state index is 11.9. The molecule has 0 aromatic heterocycles. The van der Waals surface area contributed by atoms with E-state index in [2.05, 4.69) is 0 Å². The second kappa shape index (κ2) is 6.03. The summed E-state index contributed by atoms with van der Waals surface area (Å²) in [5.41, 5.74) is 4.47. The summed E-state index contributed by atoms with van der Waals surface area (Å²) < 4.78 is 35.7. The maximum absolute atomic E-state index is 11.9. The molecule has 0 atom stereocenters. The average molecular weight is 269 g/mol. The molecule has 0 aliphatic rings. The lowest BCUT2D eigenvalue weighted by atomic mass is 10.1. The number of halogens is 3. The van der Waals surface area contributed by atoms with Crippen LogP contribution < -0.4 is 11.1 Å². The lowest BCUT2D eigenvalue weighted by Crippen LogP contribution is -2.51. The van der Waals surface area contributed by atoms with Gasteiger partial charge in [-0.25, -0.2) is 0 Å². The van der Waals surface area contributed by atoms with E-state index in [1.807, 2.05) is 0 Å². The largest absolute Gasteiger partial charge is 0.405 e. The highest BCUT2D eigenvalue weighted by Crippen LogP contribution is 2.13. The molecule has 0 saturated carbocycles. The van der Waals surface area contributed by atoms with E-state index in [0.29, 0.717) is 0 Å². The fourth-order valence-electron chi connectivity index (χ4n) is 1.15. The second-order valence-electron chi connectivity index (χ2n) is 4.89. The Hall–Kier alpha value is -1.31. The predicted molar refractivity (Wildman–Crippen MR) is 59.6 cm³/mol. The molecule has 0 aliphatic heterocycles. The Bertz CT molecular complexity index is 310. The van der Waals surface area contributed by atoms with Crippen LogP contribution in [0, 0.1) is 0 Å². The molecular weight excluding hydrogens is 251 g/mol. The zero-order valence-electron chi connectivity index (χ0n) is 10.6. The van der Waals surface area contributed by atoms with Crippen molar-refractivity contribution in [1.29, 1.82) is 0 Å². The van der Waals surface area contributed by atoms with Gasteiger partial charge >= 0.3 is 6.18 Å². The Kier molecular flexibility index (Phi) is 5.59. The van der Waals surface area contributed by atoms with Crippen molar-refractivity contribution in [3.05, 3.63) is 0 Å². The van der Waals surface area contributed by atoms with Crippen LogP contribution in [-0.2, 0) is 9.59 Å². The molecule has 0 aromatic rings. The molecule has 0 bridgehead atoms. The van der Waals surface area contributed by atoms with Crippen LogP contribution in [0.25, 0.3) is 0 Å². The van der Waals surface area contributed by atoms with E-state index in [9.17, 15) is 22.8 Å². The van der Waals surface area contributed by atoms with Gasteiger partial charge in [-0.3, -0.25) is 14.5 Å². The van der Waals surface area contributed by atoms with Gasteiger partial charge in [-0.2, -0.15) is 13.2 Å². The molecule has 0 fully saturated rings. The molecule has 0 aliphatic carbocycles. The van der Waals surface area contributed by atoms with Gasteiger partial charge in [-0.05, 0) is 20.8 Å². The zero-order chi connectivity index (χ0) is 14.6. The second-order valence-corrected chi connectivity index (χ2v) is 4.89. The normalized spacial score (nSPS) is 12.6. The third kappa shape index (κ3) is 7.88. The van der Waals surface area contributed by atoms with E-state index in [1.165, 1.54) is 4.90 Å². The van der Waals surface area contributed by atoms with Gasteiger partial charge < -0.3 is 11.1 Å². The molecule has 3 N–H and O–H groups in total. The lowest BCUT2D eigenvalue weighted by Gasteiger charge is -2.33. The van der Waals surface area contributed by atoms with E-state index in [0.717, 1.165) is 0 Å². The summed E-state index contributed by atoms with van der Waals surface area (Å²) in [5.74, 6) is -1.45. The molecular formula is C10H18F3N3O2. The first-order chi connectivity index (χ1) is 7.92. The molecule has 0 heterocycles. The van der Waals surface area contributed by atoms with Crippen molar-refractivity contribution in [1.82, 2.24) is 10.2 Å². The van der Waals surface area contributed by atoms with Crippen LogP contribution in [0.3, 0.4) is 0 Å². The summed E-state index contributed by atoms with van der Waals surface area (Å²) in [6.07, 6.45) is -4.45. The Morgan fingerprint density at radius 3 is 2.00 bits per heavy atom. The molecule has 0 aromatic carbocycles.